The Morgan fingerprint density at radius 2 is 0.829 bits per heavy atom. The molecule has 0 saturated heterocycles. The number of hydrogen-bond donors (Lipinski definition) is 0. The summed E-state index contributed by atoms with van der Waals surface area (Å²) < 4.78 is 2.36. The molecule has 9 aromatic rings. The van der Waals surface area contributed by atoms with Gasteiger partial charge in [0.1, 0.15) is 0 Å². The first kappa shape index (κ1) is 22.4. The van der Waals surface area contributed by atoms with E-state index in [4.69, 9.17) is 4.98 Å². The minimum absolute atomic E-state index is 1.02. The average Bonchev–Trinajstić information content (AvgIpc) is 3.39. The smallest absolute Gasteiger partial charge is 0.0794 e. The third-order valence-electron chi connectivity index (χ3n) is 8.55. The topological polar surface area (TPSA) is 17.8 Å². The highest BCUT2D eigenvalue weighted by molar-refractivity contribution is 6.33. The Morgan fingerprint density at radius 1 is 0.366 bits per heavy atom. The zero-order valence-corrected chi connectivity index (χ0v) is 22.3. The lowest BCUT2D eigenvalue weighted by Crippen LogP contribution is -1.95. The normalized spacial score (nSPS) is 11.9. The molecule has 2 heteroatoms. The first-order chi connectivity index (χ1) is 20.4. The summed E-state index contributed by atoms with van der Waals surface area (Å²) in [6, 6.07) is 52.3. The van der Waals surface area contributed by atoms with E-state index in [9.17, 15) is 0 Å². The molecule has 190 valence electrons. The van der Waals surface area contributed by atoms with Crippen LogP contribution in [0.15, 0.2) is 146 Å². The lowest BCUT2D eigenvalue weighted by Gasteiger charge is -2.16. The first-order valence-corrected chi connectivity index (χ1v) is 14.1. The van der Waals surface area contributed by atoms with E-state index < -0.39 is 0 Å². The minimum Gasteiger partial charge on any atom is -0.309 e. The van der Waals surface area contributed by atoms with Crippen molar-refractivity contribution in [3.63, 3.8) is 0 Å². The summed E-state index contributed by atoms with van der Waals surface area (Å²) in [6.45, 7) is 0. The molecule has 7 aromatic carbocycles. The van der Waals surface area contributed by atoms with Crippen LogP contribution in [-0.2, 0) is 0 Å². The van der Waals surface area contributed by atoms with Gasteiger partial charge in [0.2, 0.25) is 0 Å². The van der Waals surface area contributed by atoms with Crippen molar-refractivity contribution in [2.24, 2.45) is 0 Å². The van der Waals surface area contributed by atoms with Crippen molar-refractivity contribution in [3.05, 3.63) is 146 Å². The average molecular weight is 521 g/mol. The van der Waals surface area contributed by atoms with Crippen molar-refractivity contribution >= 4 is 65.0 Å². The van der Waals surface area contributed by atoms with Gasteiger partial charge in [0.15, 0.2) is 0 Å². The highest BCUT2D eigenvalue weighted by Gasteiger charge is 2.18. The van der Waals surface area contributed by atoms with Crippen molar-refractivity contribution in [1.29, 1.82) is 0 Å². The number of nitrogens with zero attached hydrogens (tertiary/aromatic N) is 2. The SMILES string of the molecule is c1ccc2c(c1)nc(-c1ccc(-n3c4ccccc4c4ccccc43)cc1)c1c3ccccc3c3ccccc3c21. The number of hydrogen-bond acceptors (Lipinski definition) is 1. The Hall–Kier alpha value is -5.47. The van der Waals surface area contributed by atoms with Crippen LogP contribution in [0.3, 0.4) is 0 Å². The Kier molecular flexibility index (Phi) is 4.64. The van der Waals surface area contributed by atoms with Gasteiger partial charge in [-0.25, -0.2) is 4.98 Å². The molecule has 0 spiro atoms. The molecule has 0 N–H and O–H groups in total. The van der Waals surface area contributed by atoms with Crippen LogP contribution in [0.25, 0.3) is 82.0 Å². The monoisotopic (exact) mass is 520 g/mol. The first-order valence-electron chi connectivity index (χ1n) is 14.1. The summed E-state index contributed by atoms with van der Waals surface area (Å²) in [4.78, 5) is 5.32. The van der Waals surface area contributed by atoms with Crippen molar-refractivity contribution in [1.82, 2.24) is 9.55 Å². The molecule has 2 aromatic heterocycles. The van der Waals surface area contributed by atoms with Gasteiger partial charge in [-0.2, -0.15) is 0 Å². The lowest BCUT2D eigenvalue weighted by molar-refractivity contribution is 1.18. The molecule has 0 aliphatic carbocycles. The second kappa shape index (κ2) is 8.51. The summed E-state index contributed by atoms with van der Waals surface area (Å²) in [5.74, 6) is 0. The number of fused-ring (bicyclic) bond motifs is 11. The minimum atomic E-state index is 1.02. The molecule has 2 nitrogen and oxygen atoms in total. The molecule has 0 amide bonds. The molecular weight excluding hydrogens is 496 g/mol. The second-order valence-electron chi connectivity index (χ2n) is 10.7. The van der Waals surface area contributed by atoms with Crippen LogP contribution in [0.5, 0.6) is 0 Å². The molecule has 41 heavy (non-hydrogen) atoms. The summed E-state index contributed by atoms with van der Waals surface area (Å²) in [5, 5.41) is 11.3. The van der Waals surface area contributed by atoms with Crippen LogP contribution in [-0.4, -0.2) is 9.55 Å². The van der Waals surface area contributed by atoms with Crippen molar-refractivity contribution in [2.45, 2.75) is 0 Å². The maximum absolute atomic E-state index is 5.32. The second-order valence-corrected chi connectivity index (χ2v) is 10.7. The molecule has 0 aliphatic rings. The quantitative estimate of drug-likeness (QED) is 0.207. The van der Waals surface area contributed by atoms with E-state index in [1.54, 1.807) is 0 Å². The van der Waals surface area contributed by atoms with Gasteiger partial charge in [0.25, 0.3) is 0 Å². The lowest BCUT2D eigenvalue weighted by atomic mass is 9.90. The molecule has 9 rings (SSSR count). The molecule has 0 fully saturated rings. The Bertz CT molecular complexity index is 2410. The van der Waals surface area contributed by atoms with Gasteiger partial charge >= 0.3 is 0 Å². The van der Waals surface area contributed by atoms with E-state index in [-0.39, 0.29) is 0 Å². The van der Waals surface area contributed by atoms with Gasteiger partial charge in [0.05, 0.1) is 22.2 Å². The molecule has 0 saturated carbocycles. The van der Waals surface area contributed by atoms with Crippen LogP contribution in [0, 0.1) is 0 Å². The van der Waals surface area contributed by atoms with E-state index in [2.05, 4.69) is 150 Å². The standard InChI is InChI=1S/C39H24N2/c1-3-15-31-27(11-1)28-12-2-4-16-32(28)38-37(31)33-17-5-8-18-34(33)40-39(38)25-21-23-26(24-22-25)41-35-19-9-6-13-29(35)30-14-7-10-20-36(30)41/h1-24H. The van der Waals surface area contributed by atoms with Crippen LogP contribution >= 0.6 is 0 Å². The number of pyridine rings is 1. The molecular formula is C39H24N2. The van der Waals surface area contributed by atoms with Gasteiger partial charge < -0.3 is 4.57 Å². The maximum Gasteiger partial charge on any atom is 0.0794 e. The van der Waals surface area contributed by atoms with E-state index in [0.29, 0.717) is 0 Å². The largest absolute Gasteiger partial charge is 0.309 e. The third kappa shape index (κ3) is 3.16. The maximum atomic E-state index is 5.32. The number of aromatic nitrogens is 2. The van der Waals surface area contributed by atoms with E-state index >= 15 is 0 Å². The zero-order chi connectivity index (χ0) is 26.9. The van der Waals surface area contributed by atoms with Crippen LogP contribution in [0.4, 0.5) is 0 Å². The number of para-hydroxylation sites is 3. The summed E-state index contributed by atoms with van der Waals surface area (Å²) >= 11 is 0. The van der Waals surface area contributed by atoms with E-state index in [0.717, 1.165) is 22.5 Å². The zero-order valence-electron chi connectivity index (χ0n) is 22.3. The summed E-state index contributed by atoms with van der Waals surface area (Å²) in [7, 11) is 0. The molecule has 0 aliphatic heterocycles. The Labute approximate surface area is 236 Å². The van der Waals surface area contributed by atoms with Gasteiger partial charge in [-0.05, 0) is 51.9 Å². The molecule has 2 heterocycles. The fraction of sp³-hybridized carbons (Fsp3) is 0. The number of rotatable bonds is 2. The van der Waals surface area contributed by atoms with Crippen LogP contribution in [0.1, 0.15) is 0 Å². The van der Waals surface area contributed by atoms with Gasteiger partial charge in [-0.3, -0.25) is 0 Å². The third-order valence-corrected chi connectivity index (χ3v) is 8.55. The predicted molar refractivity (Wildman–Crippen MR) is 174 cm³/mol. The molecule has 0 unspecified atom stereocenters. The highest BCUT2D eigenvalue weighted by atomic mass is 15.0. The van der Waals surface area contributed by atoms with Crippen molar-refractivity contribution < 1.29 is 0 Å². The Balaban J connectivity index is 1.36. The Morgan fingerprint density at radius 3 is 1.44 bits per heavy atom. The molecule has 0 radical (unpaired) electrons. The van der Waals surface area contributed by atoms with Crippen LogP contribution in [0.2, 0.25) is 0 Å². The van der Waals surface area contributed by atoms with Gasteiger partial charge in [0, 0.05) is 38.2 Å². The van der Waals surface area contributed by atoms with Gasteiger partial charge in [-0.1, -0.05) is 115 Å². The van der Waals surface area contributed by atoms with Crippen molar-refractivity contribution in [2.75, 3.05) is 0 Å². The summed E-state index contributed by atoms with van der Waals surface area (Å²) in [5.41, 5.74) is 6.73. The fourth-order valence-electron chi connectivity index (χ4n) is 6.80. The molecule has 0 bridgehead atoms. The van der Waals surface area contributed by atoms with E-state index in [1.165, 1.54) is 59.5 Å². The van der Waals surface area contributed by atoms with Crippen molar-refractivity contribution in [3.8, 4) is 16.9 Å². The molecule has 0 atom stereocenters. The number of benzene rings is 7. The van der Waals surface area contributed by atoms with E-state index in [1.807, 2.05) is 0 Å². The highest BCUT2D eigenvalue weighted by Crippen LogP contribution is 2.43. The predicted octanol–water partition coefficient (Wildman–Crippen LogP) is 10.5. The van der Waals surface area contributed by atoms with Crippen LogP contribution < -0.4 is 0 Å². The van der Waals surface area contributed by atoms with Gasteiger partial charge in [-0.15, -0.1) is 0 Å². The fourth-order valence-corrected chi connectivity index (χ4v) is 6.80. The summed E-state index contributed by atoms with van der Waals surface area (Å²) in [6.07, 6.45) is 0.